The van der Waals surface area contributed by atoms with E-state index < -0.39 is 0 Å². The number of carbonyl (C=O) groups is 2. The summed E-state index contributed by atoms with van der Waals surface area (Å²) in [7, 11) is 3.90. The SMILES string of the molecule is CCn1nc(C)cc1C(=O)/N=c1\n(C)c2ccccc2n1C/C=C/Cn1/c(=N/C(=O)c2cc(C)nn2CC)n(C)c2c(CN3CCOCC3)cccc21. The topological polar surface area (TPSA) is 127 Å². The molecule has 0 aliphatic carbocycles. The third-order valence-electron chi connectivity index (χ3n) is 9.83. The normalized spacial score (nSPS) is 14.8. The first-order valence-electron chi connectivity index (χ1n) is 18.2. The summed E-state index contributed by atoms with van der Waals surface area (Å²) in [5.74, 6) is -0.682. The van der Waals surface area contributed by atoms with Crippen LogP contribution in [0.2, 0.25) is 0 Å². The number of benzene rings is 2. The number of fused-ring (bicyclic) bond motifs is 2. The lowest BCUT2D eigenvalue weighted by Gasteiger charge is -2.26. The van der Waals surface area contributed by atoms with E-state index >= 15 is 0 Å². The van der Waals surface area contributed by atoms with Crippen LogP contribution >= 0.6 is 0 Å². The fourth-order valence-electron chi connectivity index (χ4n) is 7.28. The van der Waals surface area contributed by atoms with Gasteiger partial charge in [0.2, 0.25) is 11.2 Å². The first-order chi connectivity index (χ1) is 25.7. The molecule has 53 heavy (non-hydrogen) atoms. The number of hydrogen-bond donors (Lipinski definition) is 0. The maximum atomic E-state index is 13.8. The minimum atomic E-state index is -0.342. The van der Waals surface area contributed by atoms with Gasteiger partial charge >= 0.3 is 0 Å². The number of nitrogens with zero attached hydrogens (tertiary/aromatic N) is 11. The van der Waals surface area contributed by atoms with Gasteiger partial charge in [-0.25, -0.2) is 0 Å². The minimum absolute atomic E-state index is 0.340. The third kappa shape index (κ3) is 6.99. The maximum Gasteiger partial charge on any atom is 0.298 e. The molecule has 2 amide bonds. The number of aryl methyl sites for hydroxylation is 6. The molecule has 276 valence electrons. The molecule has 0 atom stereocenters. The number of rotatable bonds is 10. The van der Waals surface area contributed by atoms with E-state index in [2.05, 4.69) is 55.0 Å². The van der Waals surface area contributed by atoms with Crippen molar-refractivity contribution < 1.29 is 14.3 Å². The molecule has 0 spiro atoms. The Morgan fingerprint density at radius 1 is 0.736 bits per heavy atom. The zero-order chi connectivity index (χ0) is 37.2. The summed E-state index contributed by atoms with van der Waals surface area (Å²) >= 11 is 0. The first kappa shape index (κ1) is 35.8. The lowest BCUT2D eigenvalue weighted by atomic mass is 10.1. The molecule has 1 aliphatic rings. The highest BCUT2D eigenvalue weighted by Gasteiger charge is 2.20. The molecule has 14 heteroatoms. The summed E-state index contributed by atoms with van der Waals surface area (Å²) in [6.45, 7) is 13.7. The molecular formula is C39H47N11O3. The molecule has 0 saturated carbocycles. The fourth-order valence-corrected chi connectivity index (χ4v) is 7.28. The van der Waals surface area contributed by atoms with Crippen molar-refractivity contribution in [3.05, 3.63) is 106 Å². The maximum absolute atomic E-state index is 13.8. The van der Waals surface area contributed by atoms with Gasteiger partial charge in [0.15, 0.2) is 0 Å². The number of allylic oxidation sites excluding steroid dienone is 2. The van der Waals surface area contributed by atoms with Crippen LogP contribution in [0.4, 0.5) is 0 Å². The van der Waals surface area contributed by atoms with E-state index in [0.717, 1.165) is 58.7 Å². The molecule has 1 saturated heterocycles. The zero-order valence-corrected chi connectivity index (χ0v) is 31.4. The van der Waals surface area contributed by atoms with Crippen LogP contribution in [-0.4, -0.2) is 80.8 Å². The van der Waals surface area contributed by atoms with Gasteiger partial charge in [0, 0.05) is 59.9 Å². The van der Waals surface area contributed by atoms with E-state index in [1.54, 1.807) is 21.5 Å². The van der Waals surface area contributed by atoms with Crippen molar-refractivity contribution in [3.8, 4) is 0 Å². The molecule has 7 rings (SSSR count). The predicted molar refractivity (Wildman–Crippen MR) is 202 cm³/mol. The van der Waals surface area contributed by atoms with Crippen LogP contribution in [0.3, 0.4) is 0 Å². The van der Waals surface area contributed by atoms with E-state index in [1.807, 2.05) is 79.8 Å². The number of amides is 2. The Bertz CT molecular complexity index is 2490. The Labute approximate surface area is 307 Å². The van der Waals surface area contributed by atoms with Gasteiger partial charge in [0.25, 0.3) is 11.8 Å². The third-order valence-corrected chi connectivity index (χ3v) is 9.83. The number of ether oxygens (including phenoxy) is 1. The van der Waals surface area contributed by atoms with Crippen molar-refractivity contribution in [1.29, 1.82) is 0 Å². The Morgan fingerprint density at radius 2 is 1.26 bits per heavy atom. The largest absolute Gasteiger partial charge is 0.379 e. The quantitative estimate of drug-likeness (QED) is 0.198. The molecule has 2 aromatic carbocycles. The monoisotopic (exact) mass is 717 g/mol. The molecule has 14 nitrogen and oxygen atoms in total. The summed E-state index contributed by atoms with van der Waals surface area (Å²) in [4.78, 5) is 39.0. The molecule has 5 heterocycles. The lowest BCUT2D eigenvalue weighted by Crippen LogP contribution is -2.35. The second-order valence-corrected chi connectivity index (χ2v) is 13.4. The smallest absolute Gasteiger partial charge is 0.298 e. The molecule has 6 aromatic rings. The van der Waals surface area contributed by atoms with Crippen molar-refractivity contribution in [2.75, 3.05) is 26.3 Å². The minimum Gasteiger partial charge on any atom is -0.379 e. The first-order valence-corrected chi connectivity index (χ1v) is 18.2. The van der Waals surface area contributed by atoms with E-state index in [9.17, 15) is 9.59 Å². The number of hydrogen-bond acceptors (Lipinski definition) is 6. The number of para-hydroxylation sites is 3. The Morgan fingerprint density at radius 3 is 1.85 bits per heavy atom. The summed E-state index contributed by atoms with van der Waals surface area (Å²) in [6, 6.07) is 17.9. The van der Waals surface area contributed by atoms with E-state index in [1.165, 1.54) is 0 Å². The molecule has 0 unspecified atom stereocenters. The van der Waals surface area contributed by atoms with Crippen LogP contribution in [0.1, 0.15) is 51.8 Å². The van der Waals surface area contributed by atoms with Crippen LogP contribution in [0, 0.1) is 13.8 Å². The van der Waals surface area contributed by atoms with Crippen LogP contribution in [0.5, 0.6) is 0 Å². The average Bonchev–Trinajstić information content (AvgIpc) is 3.89. The van der Waals surface area contributed by atoms with Crippen molar-refractivity contribution in [1.82, 2.24) is 42.7 Å². The highest BCUT2D eigenvalue weighted by Crippen LogP contribution is 2.21. The molecular weight excluding hydrogens is 671 g/mol. The fraction of sp³-hybridized carbons (Fsp3) is 0.385. The van der Waals surface area contributed by atoms with Crippen molar-refractivity contribution in [2.45, 2.75) is 60.4 Å². The predicted octanol–water partition coefficient (Wildman–Crippen LogP) is 3.89. The molecule has 0 radical (unpaired) electrons. The Kier molecular flexibility index (Phi) is 10.2. The lowest BCUT2D eigenvalue weighted by molar-refractivity contribution is 0.0343. The van der Waals surface area contributed by atoms with Crippen LogP contribution in [-0.2, 0) is 51.6 Å². The molecule has 4 aromatic heterocycles. The van der Waals surface area contributed by atoms with Crippen LogP contribution in [0.25, 0.3) is 22.1 Å². The highest BCUT2D eigenvalue weighted by atomic mass is 16.5. The number of aromatic nitrogens is 8. The van der Waals surface area contributed by atoms with Crippen molar-refractivity contribution in [2.24, 2.45) is 24.1 Å². The molecule has 1 aliphatic heterocycles. The summed E-state index contributed by atoms with van der Waals surface area (Å²) < 4.78 is 17.1. The zero-order valence-electron chi connectivity index (χ0n) is 31.4. The summed E-state index contributed by atoms with van der Waals surface area (Å²) in [5.41, 5.74) is 8.65. The van der Waals surface area contributed by atoms with Crippen LogP contribution in [0.15, 0.2) is 76.7 Å². The Balaban J connectivity index is 1.28. The standard InChI is InChI=1S/C39H47N11O3/c1-7-49-33(24-27(3)42-49)36(51)40-38-44(5)30-15-9-10-16-31(30)47(38)18-11-12-19-48-32-17-13-14-29(26-46-20-22-53-23-21-46)35(32)45(6)39(48)41-37(52)34-25-28(4)43-50(34)8-2/h9-17,24-25H,7-8,18-23,26H2,1-6H3/b12-11+,40-38+,41-39+. The van der Waals surface area contributed by atoms with Crippen molar-refractivity contribution >= 4 is 33.9 Å². The number of morpholine rings is 1. The van der Waals surface area contributed by atoms with E-state index in [4.69, 9.17) is 9.73 Å². The van der Waals surface area contributed by atoms with Crippen LogP contribution < -0.4 is 11.2 Å². The number of carbonyl (C=O) groups excluding carboxylic acids is 2. The summed E-state index contributed by atoms with van der Waals surface area (Å²) in [5, 5.41) is 8.93. The second-order valence-electron chi connectivity index (χ2n) is 13.4. The van der Waals surface area contributed by atoms with Gasteiger partial charge in [0.1, 0.15) is 11.4 Å². The molecule has 1 fully saturated rings. The van der Waals surface area contributed by atoms with Gasteiger partial charge in [-0.1, -0.05) is 36.4 Å². The van der Waals surface area contributed by atoms with Gasteiger partial charge < -0.3 is 23.0 Å². The molecule has 0 bridgehead atoms. The van der Waals surface area contributed by atoms with Gasteiger partial charge in [-0.05, 0) is 63.6 Å². The van der Waals surface area contributed by atoms with E-state index in [0.29, 0.717) is 62.0 Å². The van der Waals surface area contributed by atoms with E-state index in [-0.39, 0.29) is 11.8 Å². The van der Waals surface area contributed by atoms with Gasteiger partial charge in [-0.15, -0.1) is 0 Å². The second kappa shape index (κ2) is 15.2. The summed E-state index contributed by atoms with van der Waals surface area (Å²) in [6.07, 6.45) is 4.15. The van der Waals surface area contributed by atoms with Gasteiger partial charge in [-0.2, -0.15) is 20.2 Å². The van der Waals surface area contributed by atoms with Gasteiger partial charge in [0.05, 0.1) is 46.7 Å². The number of imidazole rings is 2. The average molecular weight is 718 g/mol. The Hall–Kier alpha value is -5.60. The van der Waals surface area contributed by atoms with Gasteiger partial charge in [-0.3, -0.25) is 23.9 Å². The van der Waals surface area contributed by atoms with Crippen molar-refractivity contribution in [3.63, 3.8) is 0 Å². The highest BCUT2D eigenvalue weighted by molar-refractivity contribution is 5.94. The molecule has 0 N–H and O–H groups in total.